The zero-order valence-corrected chi connectivity index (χ0v) is 19.3. The molecule has 2 aromatic heterocycles. The first-order valence-electron chi connectivity index (χ1n) is 9.82. The Balaban J connectivity index is 0.00000259. The van der Waals surface area contributed by atoms with Gasteiger partial charge in [0, 0.05) is 23.5 Å². The molecule has 0 fully saturated rings. The highest BCUT2D eigenvalue weighted by atomic mass is 35.5. The molecule has 6 nitrogen and oxygen atoms in total. The van der Waals surface area contributed by atoms with Gasteiger partial charge in [-0.3, -0.25) is 15.2 Å². The van der Waals surface area contributed by atoms with Gasteiger partial charge >= 0.3 is 0 Å². The second-order valence-corrected chi connectivity index (χ2v) is 8.05. The van der Waals surface area contributed by atoms with Crippen molar-refractivity contribution < 1.29 is 9.18 Å². The number of hydrogen-bond donors (Lipinski definition) is 1. The summed E-state index contributed by atoms with van der Waals surface area (Å²) in [6, 6.07) is 14.7. The molecular formula is C23H17Cl3FN5O. The molecule has 168 valence electrons. The Bertz CT molecular complexity index is 1310. The Morgan fingerprint density at radius 3 is 2.36 bits per heavy atom. The second-order valence-electron chi connectivity index (χ2n) is 7.24. The summed E-state index contributed by atoms with van der Waals surface area (Å²) >= 11 is 12.1. The number of carbonyl (C=O) groups excluding carboxylic acids is 1. The van der Waals surface area contributed by atoms with Gasteiger partial charge in [0.25, 0.3) is 5.91 Å². The van der Waals surface area contributed by atoms with Crippen molar-refractivity contribution in [1.29, 1.82) is 0 Å². The van der Waals surface area contributed by atoms with Crippen molar-refractivity contribution in [2.75, 3.05) is 12.0 Å². The molecule has 10 heteroatoms. The van der Waals surface area contributed by atoms with Crippen LogP contribution in [0.3, 0.4) is 0 Å². The lowest BCUT2D eigenvalue weighted by Crippen LogP contribution is -2.43. The Labute approximate surface area is 205 Å². The van der Waals surface area contributed by atoms with E-state index in [-0.39, 0.29) is 24.1 Å². The lowest BCUT2D eigenvalue weighted by Gasteiger charge is -2.30. The number of nitrogens with one attached hydrogen (secondary N) is 1. The van der Waals surface area contributed by atoms with E-state index in [0.29, 0.717) is 40.2 Å². The number of hydrazine groups is 1. The first-order chi connectivity index (χ1) is 15.5. The Morgan fingerprint density at radius 2 is 1.67 bits per heavy atom. The maximum Gasteiger partial charge on any atom is 0.272 e. The van der Waals surface area contributed by atoms with Crippen LogP contribution in [-0.2, 0) is 6.54 Å². The smallest absolute Gasteiger partial charge is 0.272 e. The zero-order valence-electron chi connectivity index (χ0n) is 17.0. The molecule has 1 aliphatic rings. The maximum absolute atomic E-state index is 13.5. The van der Waals surface area contributed by atoms with Crippen LogP contribution >= 0.6 is 35.6 Å². The molecule has 0 unspecified atom stereocenters. The van der Waals surface area contributed by atoms with Gasteiger partial charge in [-0.2, -0.15) is 5.10 Å². The molecule has 4 aromatic rings. The molecule has 5 rings (SSSR count). The lowest BCUT2D eigenvalue weighted by atomic mass is 10.0. The number of anilines is 1. The summed E-state index contributed by atoms with van der Waals surface area (Å²) in [6.45, 7) is 0.876. The average molecular weight is 505 g/mol. The average Bonchev–Trinajstić information content (AvgIpc) is 3.20. The molecule has 1 aliphatic heterocycles. The second kappa shape index (κ2) is 9.39. The molecule has 3 heterocycles. The Kier molecular flexibility index (Phi) is 6.56. The fraction of sp³-hybridized carbons (Fsp3) is 0.0870. The van der Waals surface area contributed by atoms with E-state index in [4.69, 9.17) is 28.3 Å². The SMILES string of the molecule is Cl.O=C(c1ccc(Cl)c(Cl)c1)N1CCn2nc(-c3ccc(F)cc3)c(-c3ccncc3)c2N1. The van der Waals surface area contributed by atoms with Crippen LogP contribution in [0.1, 0.15) is 10.4 Å². The largest absolute Gasteiger partial charge is 0.279 e. The summed E-state index contributed by atoms with van der Waals surface area (Å²) in [4.78, 5) is 17.2. The van der Waals surface area contributed by atoms with Crippen molar-refractivity contribution in [2.45, 2.75) is 6.54 Å². The summed E-state index contributed by atoms with van der Waals surface area (Å²) in [6.07, 6.45) is 3.38. The quantitative estimate of drug-likeness (QED) is 0.374. The van der Waals surface area contributed by atoms with Crippen LogP contribution in [0.15, 0.2) is 67.0 Å². The van der Waals surface area contributed by atoms with Crippen molar-refractivity contribution in [3.8, 4) is 22.4 Å². The van der Waals surface area contributed by atoms with Gasteiger partial charge in [-0.25, -0.2) is 14.1 Å². The van der Waals surface area contributed by atoms with Gasteiger partial charge in [-0.1, -0.05) is 23.2 Å². The molecule has 2 aromatic carbocycles. The summed E-state index contributed by atoms with van der Waals surface area (Å²) in [7, 11) is 0. The molecular weight excluding hydrogens is 488 g/mol. The molecule has 33 heavy (non-hydrogen) atoms. The fourth-order valence-corrected chi connectivity index (χ4v) is 3.95. The number of halogens is 4. The molecule has 1 amide bonds. The summed E-state index contributed by atoms with van der Waals surface area (Å²) in [5.74, 6) is 0.106. The van der Waals surface area contributed by atoms with E-state index < -0.39 is 0 Å². The van der Waals surface area contributed by atoms with Crippen molar-refractivity contribution in [2.24, 2.45) is 0 Å². The highest BCUT2D eigenvalue weighted by Gasteiger charge is 2.28. The third-order valence-electron chi connectivity index (χ3n) is 5.23. The maximum atomic E-state index is 13.5. The van der Waals surface area contributed by atoms with Gasteiger partial charge in [0.15, 0.2) is 5.82 Å². The number of nitrogens with zero attached hydrogens (tertiary/aromatic N) is 4. The van der Waals surface area contributed by atoms with Gasteiger partial charge in [-0.15, -0.1) is 12.4 Å². The normalized spacial score (nSPS) is 12.5. The number of aromatic nitrogens is 3. The van der Waals surface area contributed by atoms with E-state index in [1.54, 1.807) is 42.7 Å². The number of hydrogen-bond acceptors (Lipinski definition) is 4. The van der Waals surface area contributed by atoms with E-state index in [1.807, 2.05) is 16.8 Å². The Morgan fingerprint density at radius 1 is 0.939 bits per heavy atom. The molecule has 0 bridgehead atoms. The minimum atomic E-state index is -0.320. The lowest BCUT2D eigenvalue weighted by molar-refractivity contribution is 0.0774. The van der Waals surface area contributed by atoms with Gasteiger partial charge in [0.05, 0.1) is 28.7 Å². The first kappa shape index (κ1) is 23.0. The van der Waals surface area contributed by atoms with E-state index in [1.165, 1.54) is 17.1 Å². The minimum Gasteiger partial charge on any atom is -0.279 e. The van der Waals surface area contributed by atoms with Crippen molar-refractivity contribution in [3.63, 3.8) is 0 Å². The number of amides is 1. The summed E-state index contributed by atoms with van der Waals surface area (Å²) in [5, 5.41) is 6.98. The highest BCUT2D eigenvalue weighted by Crippen LogP contribution is 2.39. The zero-order chi connectivity index (χ0) is 22.2. The van der Waals surface area contributed by atoms with Gasteiger partial charge in [-0.05, 0) is 60.2 Å². The topological polar surface area (TPSA) is 63.1 Å². The highest BCUT2D eigenvalue weighted by molar-refractivity contribution is 6.42. The third-order valence-corrected chi connectivity index (χ3v) is 5.97. The van der Waals surface area contributed by atoms with Crippen LogP contribution in [0, 0.1) is 5.82 Å². The molecule has 0 radical (unpaired) electrons. The van der Waals surface area contributed by atoms with E-state index in [2.05, 4.69) is 10.4 Å². The van der Waals surface area contributed by atoms with Crippen LogP contribution in [0.25, 0.3) is 22.4 Å². The van der Waals surface area contributed by atoms with Crippen LogP contribution < -0.4 is 5.43 Å². The van der Waals surface area contributed by atoms with Crippen LogP contribution in [-0.4, -0.2) is 32.2 Å². The third kappa shape index (κ3) is 4.39. The number of benzene rings is 2. The fourth-order valence-electron chi connectivity index (χ4n) is 3.65. The molecule has 0 spiro atoms. The van der Waals surface area contributed by atoms with E-state index >= 15 is 0 Å². The van der Waals surface area contributed by atoms with Crippen molar-refractivity contribution >= 4 is 47.3 Å². The number of carbonyl (C=O) groups is 1. The van der Waals surface area contributed by atoms with Crippen molar-refractivity contribution in [1.82, 2.24) is 19.8 Å². The monoisotopic (exact) mass is 503 g/mol. The Hall–Kier alpha value is -3.13. The molecule has 0 aliphatic carbocycles. The minimum absolute atomic E-state index is 0. The number of pyridine rings is 1. The van der Waals surface area contributed by atoms with Crippen molar-refractivity contribution in [3.05, 3.63) is 88.4 Å². The summed E-state index contributed by atoms with van der Waals surface area (Å²) < 4.78 is 15.3. The predicted octanol–water partition coefficient (Wildman–Crippen LogP) is 5.96. The van der Waals surface area contributed by atoms with Crippen LogP contribution in [0.4, 0.5) is 10.2 Å². The number of rotatable bonds is 3. The summed E-state index contributed by atoms with van der Waals surface area (Å²) in [5.41, 5.74) is 6.75. The number of fused-ring (bicyclic) bond motifs is 1. The van der Waals surface area contributed by atoms with Gasteiger partial charge in [0.2, 0.25) is 0 Å². The van der Waals surface area contributed by atoms with E-state index in [0.717, 1.165) is 16.7 Å². The van der Waals surface area contributed by atoms with Gasteiger partial charge in [0.1, 0.15) is 11.5 Å². The van der Waals surface area contributed by atoms with Crippen LogP contribution in [0.2, 0.25) is 10.0 Å². The molecule has 1 N–H and O–H groups in total. The van der Waals surface area contributed by atoms with Gasteiger partial charge < -0.3 is 0 Å². The molecule has 0 saturated heterocycles. The van der Waals surface area contributed by atoms with E-state index in [9.17, 15) is 9.18 Å². The molecule has 0 atom stereocenters. The molecule has 0 saturated carbocycles. The standard InChI is InChI=1S/C23H16Cl2FN5O.ClH/c24-18-6-3-16(13-19(18)25)23(32)31-12-11-30-22(29-31)20(14-7-9-27-10-8-14)21(28-30)15-1-4-17(26)5-2-15;/h1-10,13,29H,11-12H2;1H. The van der Waals surface area contributed by atoms with Crippen LogP contribution in [0.5, 0.6) is 0 Å². The first-order valence-corrected chi connectivity index (χ1v) is 10.6. The predicted molar refractivity (Wildman–Crippen MR) is 129 cm³/mol.